The first-order valence-electron chi connectivity index (χ1n) is 7.36. The Labute approximate surface area is 140 Å². The molecule has 0 spiro atoms. The van der Waals surface area contributed by atoms with Crippen LogP contribution in [0.1, 0.15) is 5.56 Å². The Bertz CT molecular complexity index is 697. The predicted octanol–water partition coefficient (Wildman–Crippen LogP) is 2.56. The Hall–Kier alpha value is -3.02. The van der Waals surface area contributed by atoms with Gasteiger partial charge in [0.25, 0.3) is 5.91 Å². The second-order valence-electron chi connectivity index (χ2n) is 5.04. The molecule has 2 aromatic carbocycles. The molecule has 0 fully saturated rings. The summed E-state index contributed by atoms with van der Waals surface area (Å²) in [5.74, 6) is 0.229. The predicted molar refractivity (Wildman–Crippen MR) is 89.3 cm³/mol. The monoisotopic (exact) mass is 329 g/mol. The highest BCUT2D eigenvalue weighted by Crippen LogP contribution is 2.15. The summed E-state index contributed by atoms with van der Waals surface area (Å²) in [4.78, 5) is 23.3. The van der Waals surface area contributed by atoms with E-state index >= 15 is 0 Å². The normalized spacial score (nSPS) is 9.92. The third-order valence-electron chi connectivity index (χ3n) is 3.08. The maximum Gasteiger partial charge on any atom is 0.344 e. The van der Waals surface area contributed by atoms with Crippen molar-refractivity contribution in [3.63, 3.8) is 0 Å². The highest BCUT2D eigenvalue weighted by atomic mass is 16.6. The van der Waals surface area contributed by atoms with Crippen LogP contribution in [0.3, 0.4) is 0 Å². The molecule has 0 unspecified atom stereocenters. The van der Waals surface area contributed by atoms with Crippen LogP contribution in [0.2, 0.25) is 0 Å². The van der Waals surface area contributed by atoms with Gasteiger partial charge in [-0.1, -0.05) is 12.1 Å². The summed E-state index contributed by atoms with van der Waals surface area (Å²) in [6.07, 6.45) is 0. The first-order chi connectivity index (χ1) is 11.6. The summed E-state index contributed by atoms with van der Waals surface area (Å²) < 4.78 is 15.2. The highest BCUT2D eigenvalue weighted by molar-refractivity contribution is 5.92. The lowest BCUT2D eigenvalue weighted by molar-refractivity contribution is -0.149. The molecular formula is C18H19NO5. The molecule has 1 amide bonds. The zero-order valence-electron chi connectivity index (χ0n) is 13.6. The molecule has 0 aliphatic rings. The van der Waals surface area contributed by atoms with Gasteiger partial charge in [0.1, 0.15) is 11.5 Å². The highest BCUT2D eigenvalue weighted by Gasteiger charge is 2.09. The Kier molecular flexibility index (Phi) is 6.19. The third kappa shape index (κ3) is 5.64. The molecule has 0 atom stereocenters. The number of aryl methyl sites for hydroxylation is 1. The van der Waals surface area contributed by atoms with Crippen molar-refractivity contribution in [2.45, 2.75) is 6.92 Å². The van der Waals surface area contributed by atoms with Crippen molar-refractivity contribution < 1.29 is 23.8 Å². The SMILES string of the molecule is COc1ccc(NC(=O)COC(=O)COc2cccc(C)c2)cc1. The number of ether oxygens (including phenoxy) is 3. The number of carbonyl (C=O) groups is 2. The summed E-state index contributed by atoms with van der Waals surface area (Å²) in [5.41, 5.74) is 1.62. The summed E-state index contributed by atoms with van der Waals surface area (Å²) in [6.45, 7) is 1.30. The Morgan fingerprint density at radius 2 is 1.75 bits per heavy atom. The van der Waals surface area contributed by atoms with Crippen LogP contribution in [0, 0.1) is 6.92 Å². The van der Waals surface area contributed by atoms with Gasteiger partial charge in [0.05, 0.1) is 7.11 Å². The van der Waals surface area contributed by atoms with Gasteiger partial charge in [0.2, 0.25) is 0 Å². The average Bonchev–Trinajstić information content (AvgIpc) is 2.59. The zero-order valence-corrected chi connectivity index (χ0v) is 13.6. The first-order valence-corrected chi connectivity index (χ1v) is 7.36. The van der Waals surface area contributed by atoms with Crippen molar-refractivity contribution in [2.75, 3.05) is 25.6 Å². The number of methoxy groups -OCH3 is 1. The lowest BCUT2D eigenvalue weighted by atomic mass is 10.2. The topological polar surface area (TPSA) is 73.9 Å². The van der Waals surface area contributed by atoms with E-state index in [1.807, 2.05) is 25.1 Å². The summed E-state index contributed by atoms with van der Waals surface area (Å²) >= 11 is 0. The molecule has 126 valence electrons. The molecular weight excluding hydrogens is 310 g/mol. The quantitative estimate of drug-likeness (QED) is 0.790. The zero-order chi connectivity index (χ0) is 17.4. The minimum Gasteiger partial charge on any atom is -0.497 e. The summed E-state index contributed by atoms with van der Waals surface area (Å²) in [7, 11) is 1.56. The minimum atomic E-state index is -0.610. The van der Waals surface area contributed by atoms with E-state index < -0.39 is 11.9 Å². The van der Waals surface area contributed by atoms with E-state index in [1.165, 1.54) is 0 Å². The van der Waals surface area contributed by atoms with Gasteiger partial charge in [-0.3, -0.25) is 4.79 Å². The number of esters is 1. The molecule has 0 saturated carbocycles. The van der Waals surface area contributed by atoms with E-state index in [1.54, 1.807) is 37.4 Å². The number of hydrogen-bond acceptors (Lipinski definition) is 5. The Balaban J connectivity index is 1.71. The van der Waals surface area contributed by atoms with Crippen LogP contribution in [-0.4, -0.2) is 32.2 Å². The molecule has 1 N–H and O–H groups in total. The molecule has 0 heterocycles. The molecule has 2 rings (SSSR count). The number of nitrogens with one attached hydrogen (secondary N) is 1. The minimum absolute atomic E-state index is 0.251. The van der Waals surface area contributed by atoms with Crippen LogP contribution in [0.4, 0.5) is 5.69 Å². The molecule has 0 aliphatic carbocycles. The maximum absolute atomic E-state index is 11.7. The molecule has 0 radical (unpaired) electrons. The van der Waals surface area contributed by atoms with Gasteiger partial charge in [0, 0.05) is 5.69 Å². The van der Waals surface area contributed by atoms with Crippen molar-refractivity contribution in [3.8, 4) is 11.5 Å². The Morgan fingerprint density at radius 1 is 1.00 bits per heavy atom. The molecule has 0 bridgehead atoms. The second-order valence-corrected chi connectivity index (χ2v) is 5.04. The van der Waals surface area contributed by atoms with Crippen LogP contribution < -0.4 is 14.8 Å². The first kappa shape index (κ1) is 17.3. The van der Waals surface area contributed by atoms with Crippen LogP contribution in [0.25, 0.3) is 0 Å². The van der Waals surface area contributed by atoms with Gasteiger partial charge in [-0.2, -0.15) is 0 Å². The van der Waals surface area contributed by atoms with Gasteiger partial charge in [-0.15, -0.1) is 0 Å². The van der Waals surface area contributed by atoms with Gasteiger partial charge in [-0.05, 0) is 48.9 Å². The Morgan fingerprint density at radius 3 is 2.42 bits per heavy atom. The summed E-state index contributed by atoms with van der Waals surface area (Å²) in [5, 5.41) is 2.62. The largest absolute Gasteiger partial charge is 0.497 e. The third-order valence-corrected chi connectivity index (χ3v) is 3.08. The molecule has 0 aromatic heterocycles. The van der Waals surface area contributed by atoms with Crippen LogP contribution in [0.5, 0.6) is 11.5 Å². The van der Waals surface area contributed by atoms with Crippen molar-refractivity contribution >= 4 is 17.6 Å². The molecule has 6 nitrogen and oxygen atoms in total. The van der Waals surface area contributed by atoms with Gasteiger partial charge >= 0.3 is 5.97 Å². The van der Waals surface area contributed by atoms with Gasteiger partial charge in [0.15, 0.2) is 13.2 Å². The van der Waals surface area contributed by atoms with Gasteiger partial charge < -0.3 is 19.5 Å². The fourth-order valence-electron chi connectivity index (χ4n) is 1.91. The van der Waals surface area contributed by atoms with E-state index in [-0.39, 0.29) is 13.2 Å². The van der Waals surface area contributed by atoms with Gasteiger partial charge in [-0.25, -0.2) is 4.79 Å². The van der Waals surface area contributed by atoms with E-state index in [0.717, 1.165) is 5.56 Å². The van der Waals surface area contributed by atoms with Crippen molar-refractivity contribution in [2.24, 2.45) is 0 Å². The lowest BCUT2D eigenvalue weighted by Crippen LogP contribution is -2.23. The smallest absolute Gasteiger partial charge is 0.344 e. The maximum atomic E-state index is 11.7. The van der Waals surface area contributed by atoms with Crippen LogP contribution >= 0.6 is 0 Å². The van der Waals surface area contributed by atoms with Crippen LogP contribution in [0.15, 0.2) is 48.5 Å². The van der Waals surface area contributed by atoms with Crippen molar-refractivity contribution in [1.29, 1.82) is 0 Å². The lowest BCUT2D eigenvalue weighted by Gasteiger charge is -2.08. The number of anilines is 1. The number of benzene rings is 2. The van der Waals surface area contributed by atoms with E-state index in [4.69, 9.17) is 14.2 Å². The average molecular weight is 329 g/mol. The second kappa shape index (κ2) is 8.57. The summed E-state index contributed by atoms with van der Waals surface area (Å²) in [6, 6.07) is 14.1. The number of amides is 1. The molecule has 0 saturated heterocycles. The molecule has 24 heavy (non-hydrogen) atoms. The number of rotatable bonds is 7. The van der Waals surface area contributed by atoms with E-state index in [9.17, 15) is 9.59 Å². The fraction of sp³-hybridized carbons (Fsp3) is 0.222. The molecule has 2 aromatic rings. The molecule has 6 heteroatoms. The van der Waals surface area contributed by atoms with Crippen molar-refractivity contribution in [3.05, 3.63) is 54.1 Å². The molecule has 0 aliphatic heterocycles. The van der Waals surface area contributed by atoms with Crippen molar-refractivity contribution in [1.82, 2.24) is 0 Å². The van der Waals surface area contributed by atoms with Crippen LogP contribution in [-0.2, 0) is 14.3 Å². The fourth-order valence-corrected chi connectivity index (χ4v) is 1.91. The van der Waals surface area contributed by atoms with E-state index in [2.05, 4.69) is 5.32 Å². The van der Waals surface area contributed by atoms with E-state index in [0.29, 0.717) is 17.2 Å². The number of carbonyl (C=O) groups excluding carboxylic acids is 2. The standard InChI is InChI=1S/C18H19NO5/c1-13-4-3-5-16(10-13)23-12-18(21)24-11-17(20)19-14-6-8-15(22-2)9-7-14/h3-10H,11-12H2,1-2H3,(H,19,20). The number of hydrogen-bond donors (Lipinski definition) is 1.